The van der Waals surface area contributed by atoms with E-state index in [1.165, 1.54) is 4.90 Å². The van der Waals surface area contributed by atoms with Gasteiger partial charge in [-0.05, 0) is 28.4 Å². The molecule has 0 radical (unpaired) electrons. The fourth-order valence-corrected chi connectivity index (χ4v) is 4.64. The third kappa shape index (κ3) is 1.86. The number of nitrogens with two attached hydrogens (primary N) is 1. The third-order valence-electron chi connectivity index (χ3n) is 3.02. The monoisotopic (exact) mass is 323 g/mol. The molecule has 1 aliphatic heterocycles. The largest absolute Gasteiger partial charge is 0.382 e. The molecule has 0 fully saturated rings. The molecular formula is C13H14BrN3S. The number of anilines is 2. The van der Waals surface area contributed by atoms with E-state index in [0.717, 1.165) is 29.4 Å². The summed E-state index contributed by atoms with van der Waals surface area (Å²) in [5, 5.41) is 4.63. The van der Waals surface area contributed by atoms with E-state index in [2.05, 4.69) is 39.2 Å². The molecule has 2 heterocycles. The van der Waals surface area contributed by atoms with Gasteiger partial charge in [-0.15, -0.1) is 0 Å². The summed E-state index contributed by atoms with van der Waals surface area (Å²) in [6, 6.07) is 8.12. The van der Waals surface area contributed by atoms with Gasteiger partial charge < -0.3 is 11.1 Å². The van der Waals surface area contributed by atoms with Crippen molar-refractivity contribution in [2.24, 2.45) is 0 Å². The van der Waals surface area contributed by atoms with Crippen molar-refractivity contribution in [3.8, 4) is 0 Å². The van der Waals surface area contributed by atoms with Gasteiger partial charge in [0.25, 0.3) is 0 Å². The summed E-state index contributed by atoms with van der Waals surface area (Å²) in [4.78, 5) is 5.65. The summed E-state index contributed by atoms with van der Waals surface area (Å²) in [7, 11) is 0. The van der Waals surface area contributed by atoms with Crippen LogP contribution in [0.1, 0.15) is 19.8 Å². The summed E-state index contributed by atoms with van der Waals surface area (Å²) in [6.45, 7) is 2.17. The molecule has 1 aliphatic rings. The molecule has 1 aromatic carbocycles. The number of rotatable bonds is 2. The van der Waals surface area contributed by atoms with Crippen LogP contribution in [0.25, 0.3) is 10.9 Å². The van der Waals surface area contributed by atoms with Gasteiger partial charge in [0.15, 0.2) is 0 Å². The molecule has 1 aromatic heterocycles. The van der Waals surface area contributed by atoms with Gasteiger partial charge in [-0.25, -0.2) is 4.98 Å². The molecule has 3 nitrogen and oxygen atoms in total. The smallest absolute Gasteiger partial charge is 0.148 e. The lowest BCUT2D eigenvalue weighted by Gasteiger charge is -2.20. The Morgan fingerprint density at radius 1 is 1.44 bits per heavy atom. The van der Waals surface area contributed by atoms with Crippen LogP contribution in [0, 0.1) is 0 Å². The number of alkyl halides is 1. The van der Waals surface area contributed by atoms with Crippen molar-refractivity contribution in [3.63, 3.8) is 0 Å². The highest BCUT2D eigenvalue weighted by Gasteiger charge is 2.37. The second kappa shape index (κ2) is 4.31. The lowest BCUT2D eigenvalue weighted by atomic mass is 10.2. The van der Waals surface area contributed by atoms with Crippen molar-refractivity contribution in [1.82, 2.24) is 4.98 Å². The van der Waals surface area contributed by atoms with Crippen LogP contribution in [-0.4, -0.2) is 8.76 Å². The topological polar surface area (TPSA) is 50.9 Å². The highest BCUT2D eigenvalue weighted by Crippen LogP contribution is 2.54. The standard InChI is InChI=1S/C13H14BrN3S/c1-2-7-13(14)17-10-11(18-13)8-5-3-4-6-9(8)16-12(10)15/h3-6,17H,2,7H2,1H3,(H2,15,16). The Bertz CT molecular complexity index is 616. The maximum atomic E-state index is 6.05. The van der Waals surface area contributed by atoms with E-state index in [-0.39, 0.29) is 3.78 Å². The SMILES string of the molecule is CCCC1(Br)Nc2c(N)nc3ccccc3c2S1. The minimum absolute atomic E-state index is 0.149. The summed E-state index contributed by atoms with van der Waals surface area (Å²) in [5.41, 5.74) is 7.96. The van der Waals surface area contributed by atoms with Crippen LogP contribution >= 0.6 is 27.7 Å². The Kier molecular flexibility index (Phi) is 2.90. The lowest BCUT2D eigenvalue weighted by Crippen LogP contribution is -2.22. The van der Waals surface area contributed by atoms with Crippen molar-refractivity contribution in [2.45, 2.75) is 28.4 Å². The van der Waals surface area contributed by atoms with Crippen LogP contribution in [0.3, 0.4) is 0 Å². The van der Waals surface area contributed by atoms with Gasteiger partial charge in [0.2, 0.25) is 0 Å². The van der Waals surface area contributed by atoms with E-state index in [0.29, 0.717) is 5.82 Å². The van der Waals surface area contributed by atoms with E-state index in [9.17, 15) is 0 Å². The highest BCUT2D eigenvalue weighted by atomic mass is 79.9. The molecule has 18 heavy (non-hydrogen) atoms. The molecule has 0 amide bonds. The normalized spacial score (nSPS) is 21.9. The fourth-order valence-electron chi connectivity index (χ4n) is 2.24. The number of para-hydroxylation sites is 1. The van der Waals surface area contributed by atoms with Crippen LogP contribution in [0.5, 0.6) is 0 Å². The number of aromatic nitrogens is 1. The average molecular weight is 324 g/mol. The molecule has 3 rings (SSSR count). The van der Waals surface area contributed by atoms with Crippen molar-refractivity contribution < 1.29 is 0 Å². The number of halogens is 1. The second-order valence-corrected chi connectivity index (χ2v) is 7.61. The number of nitrogens with zero attached hydrogens (tertiary/aromatic N) is 1. The van der Waals surface area contributed by atoms with E-state index in [1.807, 2.05) is 18.2 Å². The summed E-state index contributed by atoms with van der Waals surface area (Å²) in [5.74, 6) is 0.577. The first-order valence-corrected chi connectivity index (χ1v) is 7.58. The van der Waals surface area contributed by atoms with Crippen LogP contribution in [0.2, 0.25) is 0 Å². The van der Waals surface area contributed by atoms with Gasteiger partial charge in [0.05, 0.1) is 11.2 Å². The summed E-state index contributed by atoms with van der Waals surface area (Å²) < 4.78 is -0.149. The van der Waals surface area contributed by atoms with Crippen molar-refractivity contribution in [1.29, 1.82) is 0 Å². The Morgan fingerprint density at radius 3 is 3.00 bits per heavy atom. The molecule has 0 aliphatic carbocycles. The van der Waals surface area contributed by atoms with E-state index in [4.69, 9.17) is 5.73 Å². The van der Waals surface area contributed by atoms with Crippen molar-refractivity contribution in [2.75, 3.05) is 11.1 Å². The molecule has 94 valence electrons. The first kappa shape index (κ1) is 12.1. The maximum Gasteiger partial charge on any atom is 0.148 e. The zero-order valence-electron chi connectivity index (χ0n) is 10.0. The van der Waals surface area contributed by atoms with Gasteiger partial charge in [0, 0.05) is 10.3 Å². The predicted molar refractivity (Wildman–Crippen MR) is 82.2 cm³/mol. The van der Waals surface area contributed by atoms with Crippen LogP contribution in [0.4, 0.5) is 11.5 Å². The molecule has 0 saturated heterocycles. The van der Waals surface area contributed by atoms with Crippen molar-refractivity contribution in [3.05, 3.63) is 24.3 Å². The van der Waals surface area contributed by atoms with Gasteiger partial charge in [0.1, 0.15) is 9.60 Å². The number of pyridine rings is 1. The van der Waals surface area contributed by atoms with E-state index >= 15 is 0 Å². The first-order valence-electron chi connectivity index (χ1n) is 5.97. The molecule has 3 N–H and O–H groups in total. The zero-order chi connectivity index (χ0) is 12.8. The Hall–Kier alpha value is -0.940. The molecule has 1 unspecified atom stereocenters. The Balaban J connectivity index is 2.17. The Morgan fingerprint density at radius 2 is 2.22 bits per heavy atom. The molecule has 0 spiro atoms. The highest BCUT2D eigenvalue weighted by molar-refractivity contribution is 9.12. The predicted octanol–water partition coefficient (Wildman–Crippen LogP) is 4.18. The molecule has 2 aromatic rings. The number of hydrogen-bond donors (Lipinski definition) is 2. The van der Waals surface area contributed by atoms with Gasteiger partial charge >= 0.3 is 0 Å². The van der Waals surface area contributed by atoms with Gasteiger partial charge in [-0.2, -0.15) is 0 Å². The zero-order valence-corrected chi connectivity index (χ0v) is 12.4. The van der Waals surface area contributed by atoms with Crippen molar-refractivity contribution >= 4 is 50.1 Å². The van der Waals surface area contributed by atoms with E-state index in [1.54, 1.807) is 11.8 Å². The third-order valence-corrected chi connectivity index (χ3v) is 5.36. The minimum Gasteiger partial charge on any atom is -0.382 e. The quantitative estimate of drug-likeness (QED) is 0.643. The van der Waals surface area contributed by atoms with E-state index < -0.39 is 0 Å². The average Bonchev–Trinajstić information content (AvgIpc) is 2.68. The number of benzene rings is 1. The molecule has 0 saturated carbocycles. The molecule has 1 atom stereocenters. The number of nitrogens with one attached hydrogen (secondary N) is 1. The van der Waals surface area contributed by atoms with Crippen LogP contribution in [-0.2, 0) is 0 Å². The number of fused-ring (bicyclic) bond motifs is 3. The lowest BCUT2D eigenvalue weighted by molar-refractivity contribution is 0.774. The first-order chi connectivity index (χ1) is 8.63. The Labute approximate surface area is 119 Å². The van der Waals surface area contributed by atoms with Gasteiger partial charge in [-0.3, -0.25) is 0 Å². The fraction of sp³-hybridized carbons (Fsp3) is 0.308. The number of thioether (sulfide) groups is 1. The van der Waals surface area contributed by atoms with Crippen LogP contribution in [0.15, 0.2) is 29.2 Å². The number of hydrogen-bond acceptors (Lipinski definition) is 4. The second-order valence-electron chi connectivity index (χ2n) is 4.42. The molecular weight excluding hydrogens is 310 g/mol. The maximum absolute atomic E-state index is 6.05. The van der Waals surface area contributed by atoms with Gasteiger partial charge in [-0.1, -0.05) is 43.3 Å². The minimum atomic E-state index is -0.149. The molecule has 5 heteroatoms. The summed E-state index contributed by atoms with van der Waals surface area (Å²) >= 11 is 5.57. The summed E-state index contributed by atoms with van der Waals surface area (Å²) in [6.07, 6.45) is 2.13. The molecule has 0 bridgehead atoms. The van der Waals surface area contributed by atoms with Crippen LogP contribution < -0.4 is 11.1 Å². The number of nitrogen functional groups attached to an aromatic ring is 1.